The van der Waals surface area contributed by atoms with Crippen LogP contribution in [0.5, 0.6) is 5.75 Å². The number of nitrogens with one attached hydrogen (secondary N) is 2. The van der Waals surface area contributed by atoms with Crippen LogP contribution in [0, 0.1) is 5.41 Å². The van der Waals surface area contributed by atoms with Crippen molar-refractivity contribution in [2.75, 3.05) is 41.5 Å². The number of aliphatic imine (C=N–C) groups is 1. The minimum absolute atomic E-state index is 0.311. The molecule has 0 aromatic heterocycles. The summed E-state index contributed by atoms with van der Waals surface area (Å²) in [5.74, 6) is 0.827. The number of nitrogens with zero attached hydrogens (tertiary/aromatic N) is 1. The van der Waals surface area contributed by atoms with Gasteiger partial charge in [-0.15, -0.1) is 0 Å². The summed E-state index contributed by atoms with van der Waals surface area (Å²) in [4.78, 5) is 16.2. The Kier molecular flexibility index (Phi) is 7.91. The maximum atomic E-state index is 11.9. The maximum Gasteiger partial charge on any atom is 0.341 e. The summed E-state index contributed by atoms with van der Waals surface area (Å²) >= 11 is 0. The molecule has 0 bridgehead atoms. The number of methoxy groups -OCH3 is 3. The second-order valence-electron chi connectivity index (χ2n) is 6.90. The first kappa shape index (κ1) is 21.0. The molecular weight excluding hydrogens is 346 g/mol. The monoisotopic (exact) mass is 377 g/mol. The summed E-state index contributed by atoms with van der Waals surface area (Å²) in [5, 5.41) is 6.73. The molecule has 150 valence electrons. The molecule has 0 radical (unpaired) electrons. The van der Waals surface area contributed by atoms with Crippen molar-refractivity contribution in [3.8, 4) is 5.75 Å². The van der Waals surface area contributed by atoms with Gasteiger partial charge in [-0.25, -0.2) is 4.79 Å². The van der Waals surface area contributed by atoms with Crippen molar-refractivity contribution in [2.24, 2.45) is 10.4 Å². The minimum atomic E-state index is -0.415. The highest BCUT2D eigenvalue weighted by Crippen LogP contribution is 2.43. The molecule has 0 atom stereocenters. The van der Waals surface area contributed by atoms with E-state index in [1.165, 1.54) is 33.5 Å². The third-order valence-electron chi connectivity index (χ3n) is 5.23. The fourth-order valence-corrected chi connectivity index (χ4v) is 3.32. The topological polar surface area (TPSA) is 81.2 Å². The van der Waals surface area contributed by atoms with Gasteiger partial charge in [-0.2, -0.15) is 0 Å². The van der Waals surface area contributed by atoms with E-state index in [4.69, 9.17) is 14.2 Å². The van der Waals surface area contributed by atoms with Crippen molar-refractivity contribution in [3.05, 3.63) is 29.3 Å². The van der Waals surface area contributed by atoms with Crippen molar-refractivity contribution in [1.29, 1.82) is 0 Å². The van der Waals surface area contributed by atoms with Gasteiger partial charge in [-0.1, -0.05) is 12.5 Å². The van der Waals surface area contributed by atoms with Crippen LogP contribution in [0.25, 0.3) is 0 Å². The number of ether oxygens (including phenoxy) is 3. The quantitative estimate of drug-likeness (QED) is 0.391. The zero-order chi connectivity index (χ0) is 19.7. The molecule has 2 rings (SSSR count). The van der Waals surface area contributed by atoms with E-state index < -0.39 is 5.97 Å². The molecule has 0 unspecified atom stereocenters. The number of esters is 1. The summed E-state index contributed by atoms with van der Waals surface area (Å²) in [6.45, 7) is 2.21. The van der Waals surface area contributed by atoms with Gasteiger partial charge >= 0.3 is 5.97 Å². The van der Waals surface area contributed by atoms with E-state index in [9.17, 15) is 4.79 Å². The minimum Gasteiger partial charge on any atom is -0.496 e. The Balaban J connectivity index is 1.93. The highest BCUT2D eigenvalue weighted by Gasteiger charge is 2.36. The SMILES string of the molecule is CN=C(NCc1ccc(OC)c(C(=O)OC)c1)NCC1(CCOC)CCC1. The molecular formula is C20H31N3O4. The van der Waals surface area contributed by atoms with Crippen molar-refractivity contribution >= 4 is 11.9 Å². The fraction of sp³-hybridized carbons (Fsp3) is 0.600. The average Bonchev–Trinajstić information content (AvgIpc) is 2.68. The maximum absolute atomic E-state index is 11.9. The zero-order valence-electron chi connectivity index (χ0n) is 16.8. The van der Waals surface area contributed by atoms with E-state index in [1.807, 2.05) is 6.07 Å². The standard InChI is InChI=1S/C20H31N3O4/c1-21-19(23-14-20(8-5-9-20)10-11-25-2)22-13-15-6-7-17(26-3)16(12-15)18(24)27-4/h6-7,12H,5,8-11,13-14H2,1-4H3,(H2,21,22,23). The average molecular weight is 377 g/mol. The Labute approximate surface area is 161 Å². The number of carbonyl (C=O) groups is 1. The van der Waals surface area contributed by atoms with Gasteiger partial charge in [0.15, 0.2) is 5.96 Å². The summed E-state index contributed by atoms with van der Waals surface area (Å²) in [7, 11) is 6.40. The van der Waals surface area contributed by atoms with Gasteiger partial charge in [0, 0.05) is 33.9 Å². The molecule has 1 fully saturated rings. The Hall–Kier alpha value is -2.28. The van der Waals surface area contributed by atoms with Crippen LogP contribution in [-0.2, 0) is 16.0 Å². The van der Waals surface area contributed by atoms with Crippen molar-refractivity contribution < 1.29 is 19.0 Å². The molecule has 1 saturated carbocycles. The molecule has 1 aliphatic carbocycles. The molecule has 1 aliphatic rings. The van der Waals surface area contributed by atoms with E-state index in [2.05, 4.69) is 15.6 Å². The lowest BCUT2D eigenvalue weighted by Crippen LogP contribution is -2.46. The van der Waals surface area contributed by atoms with E-state index in [0.29, 0.717) is 23.3 Å². The molecule has 7 nitrogen and oxygen atoms in total. The lowest BCUT2D eigenvalue weighted by atomic mass is 9.67. The molecule has 0 spiro atoms. The lowest BCUT2D eigenvalue weighted by Gasteiger charge is -2.42. The first-order valence-corrected chi connectivity index (χ1v) is 9.26. The van der Waals surface area contributed by atoms with E-state index in [-0.39, 0.29) is 0 Å². The number of hydrogen-bond donors (Lipinski definition) is 2. The van der Waals surface area contributed by atoms with Crippen LogP contribution in [-0.4, -0.2) is 53.5 Å². The Morgan fingerprint density at radius 2 is 2.00 bits per heavy atom. The van der Waals surface area contributed by atoms with Crippen molar-refractivity contribution in [1.82, 2.24) is 10.6 Å². The van der Waals surface area contributed by atoms with Crippen molar-refractivity contribution in [2.45, 2.75) is 32.2 Å². The molecule has 2 N–H and O–H groups in total. The van der Waals surface area contributed by atoms with Crippen LogP contribution in [0.1, 0.15) is 41.6 Å². The molecule has 7 heteroatoms. The number of benzene rings is 1. The predicted molar refractivity (Wildman–Crippen MR) is 105 cm³/mol. The number of hydrogen-bond acceptors (Lipinski definition) is 5. The van der Waals surface area contributed by atoms with Crippen LogP contribution in [0.15, 0.2) is 23.2 Å². The fourth-order valence-electron chi connectivity index (χ4n) is 3.32. The Bertz CT molecular complexity index is 657. The first-order chi connectivity index (χ1) is 13.1. The number of guanidine groups is 1. The summed E-state index contributed by atoms with van der Waals surface area (Å²) in [6, 6.07) is 5.46. The van der Waals surface area contributed by atoms with Gasteiger partial charge < -0.3 is 24.8 Å². The van der Waals surface area contributed by atoms with Gasteiger partial charge in [-0.3, -0.25) is 4.99 Å². The third-order valence-corrected chi connectivity index (χ3v) is 5.23. The molecule has 0 heterocycles. The summed E-state index contributed by atoms with van der Waals surface area (Å²) < 4.78 is 15.3. The highest BCUT2D eigenvalue weighted by atomic mass is 16.5. The van der Waals surface area contributed by atoms with Crippen LogP contribution >= 0.6 is 0 Å². The van der Waals surface area contributed by atoms with Gasteiger partial charge in [0.05, 0.1) is 14.2 Å². The Morgan fingerprint density at radius 3 is 2.56 bits per heavy atom. The second kappa shape index (κ2) is 10.2. The van der Waals surface area contributed by atoms with E-state index >= 15 is 0 Å². The van der Waals surface area contributed by atoms with Crippen LogP contribution in [0.4, 0.5) is 0 Å². The van der Waals surface area contributed by atoms with Gasteiger partial charge in [0.25, 0.3) is 0 Å². The predicted octanol–water partition coefficient (Wildman–Crippen LogP) is 2.35. The van der Waals surface area contributed by atoms with Crippen LogP contribution < -0.4 is 15.4 Å². The van der Waals surface area contributed by atoms with Gasteiger partial charge in [-0.05, 0) is 42.4 Å². The van der Waals surface area contributed by atoms with Crippen LogP contribution in [0.3, 0.4) is 0 Å². The Morgan fingerprint density at radius 1 is 1.22 bits per heavy atom. The normalized spacial score (nSPS) is 15.6. The molecule has 0 saturated heterocycles. The second-order valence-corrected chi connectivity index (χ2v) is 6.90. The van der Waals surface area contributed by atoms with Crippen molar-refractivity contribution in [3.63, 3.8) is 0 Å². The van der Waals surface area contributed by atoms with E-state index in [1.54, 1.807) is 26.3 Å². The van der Waals surface area contributed by atoms with Gasteiger partial charge in [0.2, 0.25) is 0 Å². The third kappa shape index (κ3) is 5.60. The number of rotatable bonds is 9. The molecule has 0 amide bonds. The molecule has 0 aliphatic heterocycles. The zero-order valence-corrected chi connectivity index (χ0v) is 16.8. The highest BCUT2D eigenvalue weighted by molar-refractivity contribution is 5.92. The van der Waals surface area contributed by atoms with E-state index in [0.717, 1.165) is 31.1 Å². The molecule has 1 aromatic carbocycles. The van der Waals surface area contributed by atoms with Gasteiger partial charge in [0.1, 0.15) is 11.3 Å². The number of carbonyl (C=O) groups excluding carboxylic acids is 1. The largest absolute Gasteiger partial charge is 0.496 e. The molecule has 27 heavy (non-hydrogen) atoms. The first-order valence-electron chi connectivity index (χ1n) is 9.26. The van der Waals surface area contributed by atoms with Crippen LogP contribution in [0.2, 0.25) is 0 Å². The summed E-state index contributed by atoms with van der Waals surface area (Å²) in [5.41, 5.74) is 1.67. The lowest BCUT2D eigenvalue weighted by molar-refractivity contribution is 0.0597. The molecule has 1 aromatic rings. The summed E-state index contributed by atoms with van der Waals surface area (Å²) in [6.07, 6.45) is 4.79. The smallest absolute Gasteiger partial charge is 0.341 e.